The van der Waals surface area contributed by atoms with Gasteiger partial charge < -0.3 is 9.64 Å². The van der Waals surface area contributed by atoms with Crippen LogP contribution in [-0.4, -0.2) is 34.2 Å². The maximum Gasteiger partial charge on any atom is 0.233 e. The molecule has 0 spiro atoms. The molecule has 2 aliphatic rings. The molecule has 2 saturated carbocycles. The quantitative estimate of drug-likeness (QED) is 0.597. The smallest absolute Gasteiger partial charge is 0.233 e. The van der Waals surface area contributed by atoms with Crippen LogP contribution in [0.4, 0.5) is 0 Å². The Bertz CT molecular complexity index is 743. The van der Waals surface area contributed by atoms with Crippen molar-refractivity contribution in [2.24, 2.45) is 5.92 Å². The summed E-state index contributed by atoms with van der Waals surface area (Å²) in [5.41, 5.74) is 1.16. The van der Waals surface area contributed by atoms with Gasteiger partial charge in [0.15, 0.2) is 0 Å². The number of amides is 1. The van der Waals surface area contributed by atoms with Gasteiger partial charge in [0.1, 0.15) is 5.75 Å². The van der Waals surface area contributed by atoms with E-state index in [0.29, 0.717) is 18.3 Å². The SMILES string of the molecule is O=C(CSc1ccccn1)N(Cc1ccc(OCC2CCC2)cc1)C1CC1. The van der Waals surface area contributed by atoms with Gasteiger partial charge in [-0.15, -0.1) is 0 Å². The Morgan fingerprint density at radius 1 is 1.11 bits per heavy atom. The summed E-state index contributed by atoms with van der Waals surface area (Å²) < 4.78 is 5.87. The van der Waals surface area contributed by atoms with E-state index in [0.717, 1.165) is 41.7 Å². The third-order valence-corrected chi connectivity index (χ3v) is 6.20. The molecule has 5 heteroatoms. The fraction of sp³-hybridized carbons (Fsp3) is 0.455. The molecule has 0 saturated heterocycles. The van der Waals surface area contributed by atoms with E-state index in [-0.39, 0.29) is 5.91 Å². The minimum Gasteiger partial charge on any atom is -0.493 e. The molecular weight excluding hydrogens is 356 g/mol. The lowest BCUT2D eigenvalue weighted by molar-refractivity contribution is -0.129. The fourth-order valence-electron chi connectivity index (χ4n) is 3.22. The molecule has 1 amide bonds. The van der Waals surface area contributed by atoms with Gasteiger partial charge in [0.25, 0.3) is 0 Å². The van der Waals surface area contributed by atoms with E-state index >= 15 is 0 Å². The predicted octanol–water partition coefficient (Wildman–Crippen LogP) is 4.54. The number of pyridine rings is 1. The molecule has 2 fully saturated rings. The summed E-state index contributed by atoms with van der Waals surface area (Å²) in [5.74, 6) is 2.30. The summed E-state index contributed by atoms with van der Waals surface area (Å²) in [6.07, 6.45) is 7.93. The third kappa shape index (κ3) is 5.25. The van der Waals surface area contributed by atoms with Crippen LogP contribution in [-0.2, 0) is 11.3 Å². The second kappa shape index (κ2) is 8.79. The van der Waals surface area contributed by atoms with Gasteiger partial charge in [-0.3, -0.25) is 4.79 Å². The highest BCUT2D eigenvalue weighted by Gasteiger charge is 2.32. The van der Waals surface area contributed by atoms with Crippen LogP contribution in [0.3, 0.4) is 0 Å². The minimum absolute atomic E-state index is 0.193. The normalized spacial score (nSPS) is 16.6. The topological polar surface area (TPSA) is 42.4 Å². The minimum atomic E-state index is 0.193. The largest absolute Gasteiger partial charge is 0.493 e. The Morgan fingerprint density at radius 3 is 2.56 bits per heavy atom. The number of hydrogen-bond donors (Lipinski definition) is 0. The molecule has 0 atom stereocenters. The highest BCUT2D eigenvalue weighted by molar-refractivity contribution is 7.99. The van der Waals surface area contributed by atoms with Gasteiger partial charge in [0.05, 0.1) is 17.4 Å². The van der Waals surface area contributed by atoms with Crippen molar-refractivity contribution in [3.8, 4) is 5.75 Å². The molecule has 0 unspecified atom stereocenters. The first-order chi connectivity index (χ1) is 13.3. The Labute approximate surface area is 165 Å². The average Bonchev–Trinajstić information content (AvgIpc) is 3.50. The number of thioether (sulfide) groups is 1. The van der Waals surface area contributed by atoms with Crippen LogP contribution in [0.1, 0.15) is 37.7 Å². The van der Waals surface area contributed by atoms with Gasteiger partial charge in [0, 0.05) is 18.8 Å². The van der Waals surface area contributed by atoms with Gasteiger partial charge >= 0.3 is 0 Å². The third-order valence-electron chi connectivity index (χ3n) is 5.28. The van der Waals surface area contributed by atoms with E-state index in [2.05, 4.69) is 17.1 Å². The summed E-state index contributed by atoms with van der Waals surface area (Å²) in [4.78, 5) is 19.0. The van der Waals surface area contributed by atoms with Crippen LogP contribution in [0.2, 0.25) is 0 Å². The molecule has 0 N–H and O–H groups in total. The van der Waals surface area contributed by atoms with E-state index in [1.54, 1.807) is 6.20 Å². The van der Waals surface area contributed by atoms with Crippen molar-refractivity contribution in [1.29, 1.82) is 0 Å². The Hall–Kier alpha value is -2.01. The van der Waals surface area contributed by atoms with E-state index in [1.165, 1.54) is 31.0 Å². The van der Waals surface area contributed by atoms with Crippen LogP contribution < -0.4 is 4.74 Å². The summed E-state index contributed by atoms with van der Waals surface area (Å²) in [6.45, 7) is 1.51. The molecule has 0 bridgehead atoms. The van der Waals surface area contributed by atoms with Crippen LogP contribution in [0.15, 0.2) is 53.7 Å². The van der Waals surface area contributed by atoms with Crippen molar-refractivity contribution >= 4 is 17.7 Å². The number of carbonyl (C=O) groups excluding carboxylic acids is 1. The van der Waals surface area contributed by atoms with Gasteiger partial charge in [-0.2, -0.15) is 0 Å². The molecule has 2 aliphatic carbocycles. The highest BCUT2D eigenvalue weighted by atomic mass is 32.2. The molecule has 0 radical (unpaired) electrons. The first kappa shape index (κ1) is 18.4. The molecule has 1 aromatic heterocycles. The number of rotatable bonds is 9. The van der Waals surface area contributed by atoms with Crippen LogP contribution in [0, 0.1) is 5.92 Å². The van der Waals surface area contributed by atoms with E-state index in [1.807, 2.05) is 35.2 Å². The number of ether oxygens (including phenoxy) is 1. The van der Waals surface area contributed by atoms with E-state index < -0.39 is 0 Å². The average molecular weight is 383 g/mol. The predicted molar refractivity (Wildman–Crippen MR) is 108 cm³/mol. The van der Waals surface area contributed by atoms with Crippen molar-refractivity contribution < 1.29 is 9.53 Å². The maximum absolute atomic E-state index is 12.7. The lowest BCUT2D eigenvalue weighted by atomic mass is 9.86. The number of carbonyl (C=O) groups is 1. The molecule has 2 aromatic rings. The number of aromatic nitrogens is 1. The van der Waals surface area contributed by atoms with Gasteiger partial charge in [-0.25, -0.2) is 4.98 Å². The number of nitrogens with zero attached hydrogens (tertiary/aromatic N) is 2. The molecule has 1 aromatic carbocycles. The maximum atomic E-state index is 12.7. The second-order valence-corrected chi connectivity index (χ2v) is 8.46. The zero-order valence-corrected chi connectivity index (χ0v) is 16.4. The molecule has 1 heterocycles. The first-order valence-corrected chi connectivity index (χ1v) is 10.8. The zero-order chi connectivity index (χ0) is 18.5. The summed E-state index contributed by atoms with van der Waals surface area (Å²) in [6, 6.07) is 14.4. The number of benzene rings is 1. The summed E-state index contributed by atoms with van der Waals surface area (Å²) >= 11 is 1.51. The monoisotopic (exact) mass is 382 g/mol. The van der Waals surface area contributed by atoms with Crippen LogP contribution >= 0.6 is 11.8 Å². The van der Waals surface area contributed by atoms with Gasteiger partial charge in [0.2, 0.25) is 5.91 Å². The molecule has 27 heavy (non-hydrogen) atoms. The summed E-state index contributed by atoms with van der Waals surface area (Å²) in [7, 11) is 0. The molecule has 0 aliphatic heterocycles. The van der Waals surface area contributed by atoms with Crippen molar-refractivity contribution in [3.05, 3.63) is 54.2 Å². The Kier molecular flexibility index (Phi) is 5.97. The van der Waals surface area contributed by atoms with Crippen molar-refractivity contribution in [3.63, 3.8) is 0 Å². The number of hydrogen-bond acceptors (Lipinski definition) is 4. The Morgan fingerprint density at radius 2 is 1.93 bits per heavy atom. The van der Waals surface area contributed by atoms with Gasteiger partial charge in [-0.1, -0.05) is 36.4 Å². The van der Waals surface area contributed by atoms with Crippen LogP contribution in [0.5, 0.6) is 5.75 Å². The molecule has 4 rings (SSSR count). The van der Waals surface area contributed by atoms with Crippen LogP contribution in [0.25, 0.3) is 0 Å². The fourth-order valence-corrected chi connectivity index (χ4v) is 3.97. The van der Waals surface area contributed by atoms with Crippen molar-refractivity contribution in [1.82, 2.24) is 9.88 Å². The standard InChI is InChI=1S/C22H26N2O2S/c25-22(16-27-21-6-1-2-13-23-21)24(19-9-10-19)14-17-7-11-20(12-8-17)26-15-18-4-3-5-18/h1-2,6-8,11-13,18-19H,3-5,9-10,14-16H2. The molecular formula is C22H26N2O2S. The summed E-state index contributed by atoms with van der Waals surface area (Å²) in [5, 5.41) is 0.898. The Balaban J connectivity index is 1.30. The lowest BCUT2D eigenvalue weighted by Gasteiger charge is -2.25. The molecule has 142 valence electrons. The van der Waals surface area contributed by atoms with Gasteiger partial charge in [-0.05, 0) is 61.4 Å². The highest BCUT2D eigenvalue weighted by Crippen LogP contribution is 2.30. The zero-order valence-electron chi connectivity index (χ0n) is 15.5. The first-order valence-electron chi connectivity index (χ1n) is 9.83. The second-order valence-electron chi connectivity index (χ2n) is 7.46. The van der Waals surface area contributed by atoms with E-state index in [4.69, 9.17) is 4.74 Å². The van der Waals surface area contributed by atoms with E-state index in [9.17, 15) is 4.79 Å². The van der Waals surface area contributed by atoms with Crippen molar-refractivity contribution in [2.45, 2.75) is 49.7 Å². The van der Waals surface area contributed by atoms with Crippen molar-refractivity contribution in [2.75, 3.05) is 12.4 Å². The lowest BCUT2D eigenvalue weighted by Crippen LogP contribution is -2.33. The molecule has 4 nitrogen and oxygen atoms in total.